The summed E-state index contributed by atoms with van der Waals surface area (Å²) in [5, 5.41) is 3.52. The molecule has 1 heterocycles. The highest BCUT2D eigenvalue weighted by Gasteiger charge is 2.22. The van der Waals surface area contributed by atoms with E-state index in [1.165, 1.54) is 14.0 Å². The normalized spacial score (nSPS) is 10.3. The molecule has 0 atom stereocenters. The smallest absolute Gasteiger partial charge is 0.358 e. The molecule has 0 aliphatic heterocycles. The fourth-order valence-corrected chi connectivity index (χ4v) is 3.12. The van der Waals surface area contributed by atoms with E-state index in [9.17, 15) is 9.59 Å². The number of nitrogens with one attached hydrogen (secondary N) is 1. The number of methoxy groups -OCH3 is 1. The van der Waals surface area contributed by atoms with Crippen molar-refractivity contribution in [2.24, 2.45) is 0 Å². The van der Waals surface area contributed by atoms with Crippen molar-refractivity contribution in [3.8, 4) is 0 Å². The minimum absolute atomic E-state index is 0.0311. The molecule has 0 radical (unpaired) electrons. The molecule has 110 valence electrons. The molecule has 0 fully saturated rings. The summed E-state index contributed by atoms with van der Waals surface area (Å²) in [6.45, 7) is 1.39. The number of hydrogen-bond acceptors (Lipinski definition) is 6. The number of aromatic nitrogens is 1. The monoisotopic (exact) mass is 432 g/mol. The Balaban J connectivity index is 2.39. The van der Waals surface area contributed by atoms with Gasteiger partial charge >= 0.3 is 5.97 Å². The standard InChI is InChI=1S/C13H10Br2N2O3S/c1-6(18)11-10(12(19)20-2)17-13(21-11)16-9-5-7(14)3-4-8(9)15/h3-5H,1-2H3,(H,16,17). The molecule has 0 aliphatic rings. The highest BCUT2D eigenvalue weighted by atomic mass is 79.9. The van der Waals surface area contributed by atoms with Crippen molar-refractivity contribution in [1.29, 1.82) is 0 Å². The van der Waals surface area contributed by atoms with Gasteiger partial charge in [0.25, 0.3) is 0 Å². The lowest BCUT2D eigenvalue weighted by Crippen LogP contribution is -2.07. The van der Waals surface area contributed by atoms with E-state index in [0.29, 0.717) is 5.13 Å². The van der Waals surface area contributed by atoms with Crippen molar-refractivity contribution < 1.29 is 14.3 Å². The van der Waals surface area contributed by atoms with Crippen LogP contribution < -0.4 is 5.32 Å². The van der Waals surface area contributed by atoms with Crippen LogP contribution in [0.4, 0.5) is 10.8 Å². The summed E-state index contributed by atoms with van der Waals surface area (Å²) >= 11 is 7.91. The first-order valence-corrected chi connectivity index (χ1v) is 8.14. The predicted molar refractivity (Wildman–Crippen MR) is 88.6 cm³/mol. The number of hydrogen-bond donors (Lipinski definition) is 1. The molecular formula is C13H10Br2N2O3S. The quantitative estimate of drug-likeness (QED) is 0.571. The van der Waals surface area contributed by atoms with E-state index in [1.807, 2.05) is 18.2 Å². The van der Waals surface area contributed by atoms with Crippen LogP contribution in [-0.2, 0) is 4.74 Å². The molecule has 0 spiro atoms. The predicted octanol–water partition coefficient (Wildman–Crippen LogP) is 4.40. The lowest BCUT2D eigenvalue weighted by Gasteiger charge is -2.05. The van der Waals surface area contributed by atoms with Crippen LogP contribution >= 0.6 is 43.2 Å². The Labute approximate surface area is 142 Å². The van der Waals surface area contributed by atoms with Gasteiger partial charge in [0.05, 0.1) is 12.8 Å². The average Bonchev–Trinajstić information content (AvgIpc) is 2.86. The van der Waals surface area contributed by atoms with Gasteiger partial charge in [0.15, 0.2) is 16.6 Å². The number of rotatable bonds is 4. The Hall–Kier alpha value is -1.25. The third kappa shape index (κ3) is 3.69. The number of ether oxygens (including phenoxy) is 1. The molecule has 1 aromatic carbocycles. The zero-order chi connectivity index (χ0) is 15.6. The summed E-state index contributed by atoms with van der Waals surface area (Å²) < 4.78 is 6.37. The van der Waals surface area contributed by atoms with E-state index in [0.717, 1.165) is 26.0 Å². The fraction of sp³-hybridized carbons (Fsp3) is 0.154. The highest BCUT2D eigenvalue weighted by molar-refractivity contribution is 9.11. The number of ketones is 1. The molecule has 0 unspecified atom stereocenters. The molecular weight excluding hydrogens is 424 g/mol. The number of Topliss-reactive ketones (excluding diaryl/α,β-unsaturated/α-hetero) is 1. The van der Waals surface area contributed by atoms with Crippen LogP contribution in [0.25, 0.3) is 0 Å². The second kappa shape index (κ2) is 6.67. The zero-order valence-corrected chi connectivity index (χ0v) is 15.1. The van der Waals surface area contributed by atoms with E-state index >= 15 is 0 Å². The summed E-state index contributed by atoms with van der Waals surface area (Å²) in [7, 11) is 1.25. The second-order valence-corrected chi connectivity index (χ2v) is 6.76. The Morgan fingerprint density at radius 2 is 2.05 bits per heavy atom. The number of carbonyl (C=O) groups is 2. The molecule has 0 aliphatic carbocycles. The summed E-state index contributed by atoms with van der Waals surface area (Å²) in [5.74, 6) is -0.855. The lowest BCUT2D eigenvalue weighted by molar-refractivity contribution is 0.0591. The maximum Gasteiger partial charge on any atom is 0.358 e. The van der Waals surface area contributed by atoms with Crippen LogP contribution in [0.3, 0.4) is 0 Å². The lowest BCUT2D eigenvalue weighted by atomic mass is 10.3. The van der Waals surface area contributed by atoms with Gasteiger partial charge in [-0.25, -0.2) is 9.78 Å². The second-order valence-electron chi connectivity index (χ2n) is 3.99. The van der Waals surface area contributed by atoms with Crippen molar-refractivity contribution in [2.75, 3.05) is 12.4 Å². The van der Waals surface area contributed by atoms with E-state index in [-0.39, 0.29) is 16.4 Å². The zero-order valence-electron chi connectivity index (χ0n) is 11.1. The van der Waals surface area contributed by atoms with Gasteiger partial charge < -0.3 is 10.1 Å². The molecule has 0 bridgehead atoms. The van der Waals surface area contributed by atoms with E-state index in [4.69, 9.17) is 0 Å². The minimum Gasteiger partial charge on any atom is -0.464 e. The molecule has 0 saturated heterocycles. The van der Waals surface area contributed by atoms with Gasteiger partial charge in [-0.1, -0.05) is 27.3 Å². The van der Waals surface area contributed by atoms with Gasteiger partial charge in [-0.05, 0) is 34.1 Å². The number of halogens is 2. The van der Waals surface area contributed by atoms with Crippen LogP contribution in [-0.4, -0.2) is 23.8 Å². The summed E-state index contributed by atoms with van der Waals surface area (Å²) in [4.78, 5) is 27.7. The number of benzene rings is 1. The summed E-state index contributed by atoms with van der Waals surface area (Å²) in [5.41, 5.74) is 0.799. The summed E-state index contributed by atoms with van der Waals surface area (Å²) in [6.07, 6.45) is 0. The molecule has 1 aromatic heterocycles. The van der Waals surface area contributed by atoms with Crippen LogP contribution in [0, 0.1) is 0 Å². The molecule has 2 rings (SSSR count). The maximum atomic E-state index is 11.7. The molecule has 0 saturated carbocycles. The Morgan fingerprint density at radius 3 is 2.67 bits per heavy atom. The molecule has 0 amide bonds. The number of nitrogens with zero attached hydrogens (tertiary/aromatic N) is 1. The van der Waals surface area contributed by atoms with Gasteiger partial charge in [0, 0.05) is 15.9 Å². The Kier molecular flexibility index (Phi) is 5.13. The fourth-order valence-electron chi connectivity index (χ4n) is 1.56. The van der Waals surface area contributed by atoms with Crippen LogP contribution in [0.5, 0.6) is 0 Å². The average molecular weight is 434 g/mol. The minimum atomic E-state index is -0.627. The SMILES string of the molecule is COC(=O)c1nc(Nc2cc(Br)ccc2Br)sc1C(C)=O. The van der Waals surface area contributed by atoms with Crippen molar-refractivity contribution in [3.05, 3.63) is 37.7 Å². The summed E-state index contributed by atoms with van der Waals surface area (Å²) in [6, 6.07) is 5.61. The molecule has 5 nitrogen and oxygen atoms in total. The maximum absolute atomic E-state index is 11.7. The molecule has 2 aromatic rings. The third-order valence-corrected chi connectivity index (χ3v) is 4.75. The van der Waals surface area contributed by atoms with Gasteiger partial charge in [0.2, 0.25) is 0 Å². The van der Waals surface area contributed by atoms with Gasteiger partial charge in [-0.15, -0.1) is 0 Å². The van der Waals surface area contributed by atoms with E-state index < -0.39 is 5.97 Å². The number of thiazole rings is 1. The van der Waals surface area contributed by atoms with E-state index in [1.54, 1.807) is 0 Å². The van der Waals surface area contributed by atoms with Crippen molar-refractivity contribution in [1.82, 2.24) is 4.98 Å². The van der Waals surface area contributed by atoms with Crippen LogP contribution in [0.2, 0.25) is 0 Å². The number of esters is 1. The molecule has 1 N–H and O–H groups in total. The first-order chi connectivity index (χ1) is 9.92. The molecule has 21 heavy (non-hydrogen) atoms. The highest BCUT2D eigenvalue weighted by Crippen LogP contribution is 2.32. The Morgan fingerprint density at radius 1 is 1.33 bits per heavy atom. The first-order valence-electron chi connectivity index (χ1n) is 5.74. The Bertz CT molecular complexity index is 715. The van der Waals surface area contributed by atoms with Crippen LogP contribution in [0.15, 0.2) is 27.1 Å². The van der Waals surface area contributed by atoms with Crippen LogP contribution in [0.1, 0.15) is 27.1 Å². The number of anilines is 2. The number of carbonyl (C=O) groups excluding carboxylic acids is 2. The topological polar surface area (TPSA) is 68.3 Å². The van der Waals surface area contributed by atoms with Crippen molar-refractivity contribution in [3.63, 3.8) is 0 Å². The van der Waals surface area contributed by atoms with Gasteiger partial charge in [0.1, 0.15) is 4.88 Å². The van der Waals surface area contributed by atoms with Gasteiger partial charge in [-0.3, -0.25) is 4.79 Å². The largest absolute Gasteiger partial charge is 0.464 e. The molecule has 8 heteroatoms. The first kappa shape index (κ1) is 16.1. The third-order valence-electron chi connectivity index (χ3n) is 2.50. The van der Waals surface area contributed by atoms with Crippen molar-refractivity contribution in [2.45, 2.75) is 6.92 Å². The van der Waals surface area contributed by atoms with Crippen molar-refractivity contribution >= 4 is 65.8 Å². The van der Waals surface area contributed by atoms with E-state index in [2.05, 4.69) is 46.9 Å². The van der Waals surface area contributed by atoms with Gasteiger partial charge in [-0.2, -0.15) is 0 Å².